The van der Waals surface area contributed by atoms with E-state index in [9.17, 15) is 8.42 Å². The van der Waals surface area contributed by atoms with Crippen LogP contribution in [0.15, 0.2) is 42.7 Å². The Morgan fingerprint density at radius 1 is 1.00 bits per heavy atom. The highest BCUT2D eigenvalue weighted by molar-refractivity contribution is 7.88. The smallest absolute Gasteiger partial charge is 0.211 e. The van der Waals surface area contributed by atoms with Gasteiger partial charge in [-0.15, -0.1) is 11.3 Å². The molecule has 11 heteroatoms. The van der Waals surface area contributed by atoms with Gasteiger partial charge in [0.1, 0.15) is 0 Å². The molecule has 0 spiro atoms. The standard InChI is InChI=1S/C25H28N6O3S2/c1-36(32,33)31-8-6-29(7-9-31)17-19-14-22-23(35-19)25(30-10-12-34-13-11-30)28-24(27-22)21-16-26-15-18-4-2-3-5-20(18)21/h2-5,14-16H,6-13,17H2,1H3. The minimum Gasteiger partial charge on any atom is -0.378 e. The molecule has 2 saturated heterocycles. The number of anilines is 1. The van der Waals surface area contributed by atoms with Crippen LogP contribution < -0.4 is 4.90 Å². The topological polar surface area (TPSA) is 91.8 Å². The van der Waals surface area contributed by atoms with E-state index in [4.69, 9.17) is 14.7 Å². The van der Waals surface area contributed by atoms with Crippen LogP contribution >= 0.6 is 11.3 Å². The summed E-state index contributed by atoms with van der Waals surface area (Å²) in [6, 6.07) is 10.3. The van der Waals surface area contributed by atoms with Crippen molar-refractivity contribution in [1.82, 2.24) is 24.2 Å². The highest BCUT2D eigenvalue weighted by Gasteiger charge is 2.25. The fraction of sp³-hybridized carbons (Fsp3) is 0.400. The molecule has 188 valence electrons. The molecule has 0 saturated carbocycles. The van der Waals surface area contributed by atoms with E-state index in [0.29, 0.717) is 32.1 Å². The highest BCUT2D eigenvalue weighted by Crippen LogP contribution is 2.36. The van der Waals surface area contributed by atoms with E-state index in [2.05, 4.69) is 33.0 Å². The van der Waals surface area contributed by atoms with Gasteiger partial charge in [0.25, 0.3) is 0 Å². The summed E-state index contributed by atoms with van der Waals surface area (Å²) in [4.78, 5) is 20.3. The number of morpholine rings is 1. The molecular formula is C25H28N6O3S2. The molecule has 0 aliphatic carbocycles. The van der Waals surface area contributed by atoms with Gasteiger partial charge in [0, 0.05) is 74.0 Å². The van der Waals surface area contributed by atoms with Crippen LogP contribution in [-0.2, 0) is 21.3 Å². The Morgan fingerprint density at radius 3 is 2.56 bits per heavy atom. The molecule has 4 aromatic rings. The molecule has 0 radical (unpaired) electrons. The Hall–Kier alpha value is -2.70. The number of aromatic nitrogens is 3. The molecule has 0 N–H and O–H groups in total. The Kier molecular flexibility index (Phi) is 6.34. The van der Waals surface area contributed by atoms with Crippen molar-refractivity contribution in [3.05, 3.63) is 47.6 Å². The normalized spacial score (nSPS) is 18.3. The fourth-order valence-electron chi connectivity index (χ4n) is 4.89. The maximum Gasteiger partial charge on any atom is 0.211 e. The SMILES string of the molecule is CS(=O)(=O)N1CCN(Cc2cc3nc(-c4cncc5ccccc45)nc(N4CCOCC4)c3s2)CC1. The van der Waals surface area contributed by atoms with Crippen molar-refractivity contribution in [3.8, 4) is 11.4 Å². The molecular weight excluding hydrogens is 496 g/mol. The van der Waals surface area contributed by atoms with Crippen molar-refractivity contribution in [1.29, 1.82) is 0 Å². The molecule has 2 aliphatic rings. The third-order valence-corrected chi connectivity index (χ3v) is 9.21. The van der Waals surface area contributed by atoms with Crippen LogP contribution in [0.5, 0.6) is 0 Å². The molecule has 3 aromatic heterocycles. The maximum absolute atomic E-state index is 11.9. The lowest BCUT2D eigenvalue weighted by Crippen LogP contribution is -2.47. The van der Waals surface area contributed by atoms with E-state index in [1.165, 1.54) is 11.1 Å². The number of fused-ring (bicyclic) bond motifs is 2. The van der Waals surface area contributed by atoms with Gasteiger partial charge in [0.15, 0.2) is 11.6 Å². The average molecular weight is 525 g/mol. The number of hydrogen-bond donors (Lipinski definition) is 0. The molecule has 36 heavy (non-hydrogen) atoms. The number of benzene rings is 1. The predicted octanol–water partition coefficient (Wildman–Crippen LogP) is 2.82. The summed E-state index contributed by atoms with van der Waals surface area (Å²) in [5, 5.41) is 2.14. The number of hydrogen-bond acceptors (Lipinski definition) is 9. The first kappa shape index (κ1) is 23.7. The summed E-state index contributed by atoms with van der Waals surface area (Å²) in [6.45, 7) is 6.21. The first-order valence-corrected chi connectivity index (χ1v) is 14.8. The van der Waals surface area contributed by atoms with Crippen molar-refractivity contribution in [2.75, 3.05) is 63.6 Å². The van der Waals surface area contributed by atoms with Crippen molar-refractivity contribution in [3.63, 3.8) is 0 Å². The largest absolute Gasteiger partial charge is 0.378 e. The van der Waals surface area contributed by atoms with Gasteiger partial charge in [-0.1, -0.05) is 24.3 Å². The second-order valence-corrected chi connectivity index (χ2v) is 12.4. The van der Waals surface area contributed by atoms with E-state index in [-0.39, 0.29) is 0 Å². The van der Waals surface area contributed by atoms with Gasteiger partial charge in [0.2, 0.25) is 10.0 Å². The van der Waals surface area contributed by atoms with Gasteiger partial charge in [-0.25, -0.2) is 18.4 Å². The number of thiophene rings is 1. The molecule has 0 bridgehead atoms. The monoisotopic (exact) mass is 524 g/mol. The van der Waals surface area contributed by atoms with Gasteiger partial charge in [-0.2, -0.15) is 4.31 Å². The summed E-state index contributed by atoms with van der Waals surface area (Å²) >= 11 is 1.73. The molecule has 6 rings (SSSR count). The summed E-state index contributed by atoms with van der Waals surface area (Å²) < 4.78 is 32.0. The summed E-state index contributed by atoms with van der Waals surface area (Å²) in [5.41, 5.74) is 1.86. The predicted molar refractivity (Wildman–Crippen MR) is 143 cm³/mol. The average Bonchev–Trinajstić information content (AvgIpc) is 3.30. The molecule has 1 aromatic carbocycles. The van der Waals surface area contributed by atoms with Crippen molar-refractivity contribution >= 4 is 48.2 Å². The van der Waals surface area contributed by atoms with Crippen molar-refractivity contribution in [2.45, 2.75) is 6.54 Å². The Balaban J connectivity index is 1.37. The van der Waals surface area contributed by atoms with Gasteiger partial charge in [0.05, 0.1) is 29.7 Å². The van der Waals surface area contributed by atoms with E-state index < -0.39 is 10.0 Å². The first-order chi connectivity index (χ1) is 17.5. The van der Waals surface area contributed by atoms with Crippen LogP contribution in [0.4, 0.5) is 5.82 Å². The second-order valence-electron chi connectivity index (χ2n) is 9.24. The zero-order valence-corrected chi connectivity index (χ0v) is 21.8. The van der Waals surface area contributed by atoms with Crippen LogP contribution in [0, 0.1) is 0 Å². The number of nitrogens with zero attached hydrogens (tertiary/aromatic N) is 6. The second kappa shape index (κ2) is 9.64. The Morgan fingerprint density at radius 2 is 1.78 bits per heavy atom. The highest BCUT2D eigenvalue weighted by atomic mass is 32.2. The Labute approximate surface area is 214 Å². The third kappa shape index (κ3) is 4.69. The minimum atomic E-state index is -3.14. The minimum absolute atomic E-state index is 0.529. The molecule has 2 fully saturated rings. The van der Waals surface area contributed by atoms with Gasteiger partial charge in [-0.3, -0.25) is 9.88 Å². The van der Waals surface area contributed by atoms with E-state index in [1.54, 1.807) is 15.6 Å². The zero-order valence-electron chi connectivity index (χ0n) is 20.1. The molecule has 9 nitrogen and oxygen atoms in total. The Bertz CT molecular complexity index is 1500. The van der Waals surface area contributed by atoms with Crippen LogP contribution in [0.3, 0.4) is 0 Å². The number of ether oxygens (including phenoxy) is 1. The number of rotatable bonds is 5. The van der Waals surface area contributed by atoms with Gasteiger partial charge in [-0.05, 0) is 11.5 Å². The molecule has 0 unspecified atom stereocenters. The summed E-state index contributed by atoms with van der Waals surface area (Å²) in [7, 11) is -3.14. The van der Waals surface area contributed by atoms with Crippen LogP contribution in [0.2, 0.25) is 0 Å². The quantitative estimate of drug-likeness (QED) is 0.394. The molecule has 0 atom stereocenters. The van der Waals surface area contributed by atoms with Crippen LogP contribution in [-0.4, -0.2) is 91.3 Å². The maximum atomic E-state index is 11.9. The van der Waals surface area contributed by atoms with Crippen LogP contribution in [0.25, 0.3) is 32.4 Å². The van der Waals surface area contributed by atoms with Crippen molar-refractivity contribution < 1.29 is 13.2 Å². The lowest BCUT2D eigenvalue weighted by Gasteiger charge is -2.32. The third-order valence-electron chi connectivity index (χ3n) is 6.80. The number of pyridine rings is 1. The molecule has 5 heterocycles. The van der Waals surface area contributed by atoms with E-state index in [0.717, 1.165) is 65.1 Å². The number of sulfonamides is 1. The van der Waals surface area contributed by atoms with E-state index >= 15 is 0 Å². The molecule has 0 amide bonds. The summed E-state index contributed by atoms with van der Waals surface area (Å²) in [6.07, 6.45) is 5.00. The first-order valence-electron chi connectivity index (χ1n) is 12.1. The summed E-state index contributed by atoms with van der Waals surface area (Å²) in [5.74, 6) is 1.63. The van der Waals surface area contributed by atoms with Crippen molar-refractivity contribution in [2.24, 2.45) is 0 Å². The molecule has 2 aliphatic heterocycles. The zero-order chi connectivity index (χ0) is 24.7. The number of piperazine rings is 1. The lowest BCUT2D eigenvalue weighted by molar-refractivity contribution is 0.122. The van der Waals surface area contributed by atoms with Crippen LogP contribution in [0.1, 0.15) is 4.88 Å². The van der Waals surface area contributed by atoms with Gasteiger partial charge < -0.3 is 9.64 Å². The lowest BCUT2D eigenvalue weighted by atomic mass is 10.1. The van der Waals surface area contributed by atoms with E-state index in [1.807, 2.05) is 24.5 Å². The fourth-order valence-corrected chi connectivity index (χ4v) is 6.87. The van der Waals surface area contributed by atoms with Gasteiger partial charge >= 0.3 is 0 Å².